The van der Waals surface area contributed by atoms with E-state index in [1.807, 2.05) is 24.3 Å². The maximum atomic E-state index is 5.71. The van der Waals surface area contributed by atoms with Gasteiger partial charge in [0.15, 0.2) is 0 Å². The van der Waals surface area contributed by atoms with Gasteiger partial charge in [-0.1, -0.05) is 19.1 Å². The van der Waals surface area contributed by atoms with Gasteiger partial charge >= 0.3 is 0 Å². The summed E-state index contributed by atoms with van der Waals surface area (Å²) < 4.78 is 5.13. The van der Waals surface area contributed by atoms with E-state index in [2.05, 4.69) is 21.9 Å². The molecule has 2 N–H and O–H groups in total. The van der Waals surface area contributed by atoms with Gasteiger partial charge in [0, 0.05) is 12.8 Å². The molecular weight excluding hydrogens is 240 g/mol. The Labute approximate surface area is 112 Å². The largest absolute Gasteiger partial charge is 0.497 e. The van der Waals surface area contributed by atoms with Gasteiger partial charge in [0.1, 0.15) is 17.4 Å². The number of ether oxygens (including phenoxy) is 1. The zero-order valence-electron chi connectivity index (χ0n) is 11.3. The van der Waals surface area contributed by atoms with E-state index in [1.165, 1.54) is 0 Å². The molecule has 5 heteroatoms. The van der Waals surface area contributed by atoms with Gasteiger partial charge < -0.3 is 10.5 Å². The number of nitrogens with zero attached hydrogens (tertiary/aromatic N) is 3. The lowest BCUT2D eigenvalue weighted by atomic mass is 10.1. The summed E-state index contributed by atoms with van der Waals surface area (Å²) in [5, 5.41) is 0. The van der Waals surface area contributed by atoms with Crippen LogP contribution in [0.3, 0.4) is 0 Å². The maximum Gasteiger partial charge on any atom is 0.223 e. The number of rotatable bonds is 5. The first kappa shape index (κ1) is 13.3. The van der Waals surface area contributed by atoms with Crippen LogP contribution in [0.15, 0.2) is 24.3 Å². The van der Waals surface area contributed by atoms with Gasteiger partial charge in [-0.05, 0) is 24.1 Å². The van der Waals surface area contributed by atoms with Crippen LogP contribution in [0.5, 0.6) is 5.75 Å². The molecule has 5 nitrogen and oxygen atoms in total. The third-order valence-corrected chi connectivity index (χ3v) is 2.74. The van der Waals surface area contributed by atoms with Gasteiger partial charge in [0.2, 0.25) is 5.95 Å². The first-order chi connectivity index (χ1) is 9.21. The molecule has 1 aromatic heterocycles. The summed E-state index contributed by atoms with van der Waals surface area (Å²) in [7, 11) is 1.65. The molecule has 0 unspecified atom stereocenters. The first-order valence-electron chi connectivity index (χ1n) is 6.33. The highest BCUT2D eigenvalue weighted by atomic mass is 16.5. The molecule has 0 radical (unpaired) electrons. The lowest BCUT2D eigenvalue weighted by Crippen LogP contribution is -2.07. The Balaban J connectivity index is 2.17. The molecule has 0 aliphatic heterocycles. The van der Waals surface area contributed by atoms with E-state index < -0.39 is 0 Å². The molecule has 0 atom stereocenters. The van der Waals surface area contributed by atoms with Crippen molar-refractivity contribution in [3.8, 4) is 5.75 Å². The molecule has 19 heavy (non-hydrogen) atoms. The van der Waals surface area contributed by atoms with E-state index in [0.717, 1.165) is 30.0 Å². The van der Waals surface area contributed by atoms with Gasteiger partial charge in [-0.2, -0.15) is 9.97 Å². The molecule has 0 fully saturated rings. The second kappa shape index (κ2) is 6.13. The molecule has 2 rings (SSSR count). The second-order valence-corrected chi connectivity index (χ2v) is 4.30. The predicted molar refractivity (Wildman–Crippen MR) is 74.0 cm³/mol. The summed E-state index contributed by atoms with van der Waals surface area (Å²) >= 11 is 0. The molecule has 0 saturated heterocycles. The van der Waals surface area contributed by atoms with Crippen LogP contribution in [0.25, 0.3) is 0 Å². The van der Waals surface area contributed by atoms with Crippen molar-refractivity contribution in [3.63, 3.8) is 0 Å². The van der Waals surface area contributed by atoms with Crippen LogP contribution >= 0.6 is 0 Å². The monoisotopic (exact) mass is 258 g/mol. The second-order valence-electron chi connectivity index (χ2n) is 4.30. The molecule has 0 bridgehead atoms. The van der Waals surface area contributed by atoms with Crippen LogP contribution in [0, 0.1) is 0 Å². The topological polar surface area (TPSA) is 73.9 Å². The number of nitrogen functional groups attached to an aromatic ring is 1. The van der Waals surface area contributed by atoms with Crippen molar-refractivity contribution in [2.75, 3.05) is 12.8 Å². The Morgan fingerprint density at radius 2 is 1.74 bits per heavy atom. The van der Waals surface area contributed by atoms with Gasteiger partial charge in [0.05, 0.1) is 7.11 Å². The highest BCUT2D eigenvalue weighted by Crippen LogP contribution is 2.13. The number of aromatic nitrogens is 3. The van der Waals surface area contributed by atoms with Crippen LogP contribution in [-0.4, -0.2) is 22.1 Å². The minimum absolute atomic E-state index is 0.293. The van der Waals surface area contributed by atoms with Crippen molar-refractivity contribution in [2.24, 2.45) is 0 Å². The van der Waals surface area contributed by atoms with Crippen LogP contribution in [0.2, 0.25) is 0 Å². The molecule has 1 heterocycles. The average Bonchev–Trinajstić information content (AvgIpc) is 2.39. The average molecular weight is 258 g/mol. The Kier molecular flexibility index (Phi) is 4.28. The fourth-order valence-corrected chi connectivity index (χ4v) is 1.83. The quantitative estimate of drug-likeness (QED) is 0.888. The van der Waals surface area contributed by atoms with Crippen LogP contribution in [0.1, 0.15) is 30.6 Å². The SMILES string of the molecule is CCCc1nc(N)nc(Cc2ccc(OC)cc2)n1. The fraction of sp³-hybridized carbons (Fsp3) is 0.357. The van der Waals surface area contributed by atoms with E-state index in [0.29, 0.717) is 18.2 Å². The van der Waals surface area contributed by atoms with E-state index in [4.69, 9.17) is 10.5 Å². The third kappa shape index (κ3) is 3.64. The fourth-order valence-electron chi connectivity index (χ4n) is 1.83. The normalized spacial score (nSPS) is 10.4. The smallest absolute Gasteiger partial charge is 0.223 e. The van der Waals surface area contributed by atoms with E-state index >= 15 is 0 Å². The molecule has 0 amide bonds. The highest BCUT2D eigenvalue weighted by molar-refractivity contribution is 5.29. The number of aryl methyl sites for hydroxylation is 1. The summed E-state index contributed by atoms with van der Waals surface area (Å²) in [5.74, 6) is 2.60. The number of anilines is 1. The summed E-state index contributed by atoms with van der Waals surface area (Å²) in [6.45, 7) is 2.09. The third-order valence-electron chi connectivity index (χ3n) is 2.74. The van der Waals surface area contributed by atoms with Crippen molar-refractivity contribution in [2.45, 2.75) is 26.2 Å². The molecule has 100 valence electrons. The van der Waals surface area contributed by atoms with E-state index in [-0.39, 0.29) is 0 Å². The van der Waals surface area contributed by atoms with Crippen molar-refractivity contribution in [1.29, 1.82) is 0 Å². The first-order valence-corrected chi connectivity index (χ1v) is 6.33. The van der Waals surface area contributed by atoms with Crippen LogP contribution < -0.4 is 10.5 Å². The molecule has 0 aliphatic rings. The minimum Gasteiger partial charge on any atom is -0.497 e. The van der Waals surface area contributed by atoms with Gasteiger partial charge in [-0.25, -0.2) is 4.98 Å². The zero-order valence-corrected chi connectivity index (χ0v) is 11.3. The molecule has 0 spiro atoms. The summed E-state index contributed by atoms with van der Waals surface area (Å²) in [4.78, 5) is 12.7. The van der Waals surface area contributed by atoms with Crippen molar-refractivity contribution < 1.29 is 4.74 Å². The van der Waals surface area contributed by atoms with Crippen molar-refractivity contribution in [1.82, 2.24) is 15.0 Å². The molecule has 0 aliphatic carbocycles. The standard InChI is InChI=1S/C14H18N4O/c1-3-4-12-16-13(18-14(15)17-12)9-10-5-7-11(19-2)8-6-10/h5-8H,3-4,9H2,1-2H3,(H2,15,16,17,18). The Morgan fingerprint density at radius 3 is 2.37 bits per heavy atom. The van der Waals surface area contributed by atoms with Crippen LogP contribution in [-0.2, 0) is 12.8 Å². The van der Waals surface area contributed by atoms with Gasteiger partial charge in [-0.15, -0.1) is 0 Å². The lowest BCUT2D eigenvalue weighted by molar-refractivity contribution is 0.414. The van der Waals surface area contributed by atoms with Crippen molar-refractivity contribution >= 4 is 5.95 Å². The number of methoxy groups -OCH3 is 1. The number of nitrogens with two attached hydrogens (primary N) is 1. The van der Waals surface area contributed by atoms with Gasteiger partial charge in [0.25, 0.3) is 0 Å². The Bertz CT molecular complexity index is 540. The number of hydrogen-bond acceptors (Lipinski definition) is 5. The van der Waals surface area contributed by atoms with Gasteiger partial charge in [-0.3, -0.25) is 0 Å². The summed E-state index contributed by atoms with van der Waals surface area (Å²) in [6, 6.07) is 7.84. The summed E-state index contributed by atoms with van der Waals surface area (Å²) in [5.41, 5.74) is 6.83. The zero-order chi connectivity index (χ0) is 13.7. The Hall–Kier alpha value is -2.17. The molecule has 0 saturated carbocycles. The number of benzene rings is 1. The van der Waals surface area contributed by atoms with Crippen LogP contribution in [0.4, 0.5) is 5.95 Å². The maximum absolute atomic E-state index is 5.71. The Morgan fingerprint density at radius 1 is 1.05 bits per heavy atom. The molecular formula is C14H18N4O. The highest BCUT2D eigenvalue weighted by Gasteiger charge is 2.05. The number of hydrogen-bond donors (Lipinski definition) is 1. The molecule has 1 aromatic carbocycles. The predicted octanol–water partition coefficient (Wildman–Crippen LogP) is 2.01. The van der Waals surface area contributed by atoms with E-state index in [1.54, 1.807) is 7.11 Å². The van der Waals surface area contributed by atoms with E-state index in [9.17, 15) is 0 Å². The summed E-state index contributed by atoms with van der Waals surface area (Å²) in [6.07, 6.45) is 2.46. The molecule has 2 aromatic rings. The lowest BCUT2D eigenvalue weighted by Gasteiger charge is -2.05. The minimum atomic E-state index is 0.293. The van der Waals surface area contributed by atoms with Crippen molar-refractivity contribution in [3.05, 3.63) is 41.5 Å².